The SMILES string of the molecule is CC[C@]12CC[C@@H]3c4cc(OC)c(OS(N)(=O)=O)cc4CC[C@H]3[C@@H]1CCCC2C. The van der Waals surface area contributed by atoms with Crippen LogP contribution in [0.1, 0.15) is 75.8 Å². The molecule has 1 unspecified atom stereocenters. The molecular weight excluding hydrogens is 374 g/mol. The summed E-state index contributed by atoms with van der Waals surface area (Å²) < 4.78 is 33.3. The third-order valence-electron chi connectivity index (χ3n) is 8.26. The van der Waals surface area contributed by atoms with Crippen LogP contribution in [-0.4, -0.2) is 15.5 Å². The molecule has 0 saturated heterocycles. The third-order valence-corrected chi connectivity index (χ3v) is 8.67. The van der Waals surface area contributed by atoms with Gasteiger partial charge in [0.1, 0.15) is 0 Å². The first-order valence-corrected chi connectivity index (χ1v) is 12.2. The molecule has 2 saturated carbocycles. The highest BCUT2D eigenvalue weighted by Gasteiger charge is 2.53. The van der Waals surface area contributed by atoms with Gasteiger partial charge in [0.15, 0.2) is 11.5 Å². The molecule has 4 rings (SSSR count). The van der Waals surface area contributed by atoms with Gasteiger partial charge >= 0.3 is 10.3 Å². The van der Waals surface area contributed by atoms with Gasteiger partial charge in [0.05, 0.1) is 7.11 Å². The fourth-order valence-electron chi connectivity index (χ4n) is 7.00. The summed E-state index contributed by atoms with van der Waals surface area (Å²) in [5.41, 5.74) is 3.03. The first-order chi connectivity index (χ1) is 13.3. The molecule has 0 bridgehead atoms. The Bertz CT molecular complexity index is 852. The molecule has 156 valence electrons. The maximum atomic E-state index is 11.4. The Balaban J connectivity index is 1.71. The van der Waals surface area contributed by atoms with Gasteiger partial charge in [-0.25, -0.2) is 0 Å². The van der Waals surface area contributed by atoms with Gasteiger partial charge < -0.3 is 8.92 Å². The second kappa shape index (κ2) is 7.21. The van der Waals surface area contributed by atoms with E-state index in [1.165, 1.54) is 56.1 Å². The summed E-state index contributed by atoms with van der Waals surface area (Å²) in [6.45, 7) is 4.87. The van der Waals surface area contributed by atoms with Crippen LogP contribution in [0.25, 0.3) is 0 Å². The van der Waals surface area contributed by atoms with Crippen molar-refractivity contribution in [1.82, 2.24) is 0 Å². The maximum absolute atomic E-state index is 11.4. The molecule has 0 heterocycles. The number of ether oxygens (including phenoxy) is 1. The molecule has 1 aromatic carbocycles. The van der Waals surface area contributed by atoms with Gasteiger partial charge in [0.2, 0.25) is 0 Å². The van der Waals surface area contributed by atoms with Crippen LogP contribution in [0, 0.1) is 23.2 Å². The topological polar surface area (TPSA) is 78.6 Å². The zero-order valence-corrected chi connectivity index (χ0v) is 18.1. The van der Waals surface area contributed by atoms with Gasteiger partial charge in [-0.05, 0) is 90.9 Å². The standard InChI is InChI=1S/C22H33NO4S/c1-4-22-11-10-16-17(19(22)7-5-6-14(22)2)9-8-15-12-21(27-28(23,24)25)20(26-3)13-18(15)16/h12-14,16-17,19H,4-11H2,1-3H3,(H2,23,24,25)/t14?,16-,17+,19-,22+/m0/s1. The summed E-state index contributed by atoms with van der Waals surface area (Å²) in [6, 6.07) is 3.85. The van der Waals surface area contributed by atoms with Crippen molar-refractivity contribution in [2.75, 3.05) is 7.11 Å². The predicted octanol–water partition coefficient (Wildman–Crippen LogP) is 4.55. The van der Waals surface area contributed by atoms with Crippen LogP contribution < -0.4 is 14.1 Å². The Kier molecular flexibility index (Phi) is 5.15. The average molecular weight is 408 g/mol. The maximum Gasteiger partial charge on any atom is 0.380 e. The van der Waals surface area contributed by atoms with Crippen molar-refractivity contribution in [2.45, 2.75) is 71.1 Å². The quantitative estimate of drug-likeness (QED) is 0.794. The lowest BCUT2D eigenvalue weighted by molar-refractivity contribution is -0.0603. The van der Waals surface area contributed by atoms with Crippen molar-refractivity contribution in [2.24, 2.45) is 28.3 Å². The molecule has 5 nitrogen and oxygen atoms in total. The number of hydrogen-bond donors (Lipinski definition) is 1. The normalized spacial score (nSPS) is 34.7. The van der Waals surface area contributed by atoms with Crippen molar-refractivity contribution >= 4 is 10.3 Å². The minimum absolute atomic E-state index is 0.201. The number of hydrogen-bond acceptors (Lipinski definition) is 4. The first kappa shape index (κ1) is 20.0. The molecule has 0 spiro atoms. The van der Waals surface area contributed by atoms with E-state index in [9.17, 15) is 8.42 Å². The van der Waals surface area contributed by atoms with E-state index in [4.69, 9.17) is 14.1 Å². The Morgan fingerprint density at radius 3 is 2.64 bits per heavy atom. The third kappa shape index (κ3) is 3.22. The molecule has 1 aromatic rings. The Morgan fingerprint density at radius 2 is 1.96 bits per heavy atom. The summed E-state index contributed by atoms with van der Waals surface area (Å²) in [4.78, 5) is 0. The fraction of sp³-hybridized carbons (Fsp3) is 0.727. The molecule has 0 aliphatic heterocycles. The number of aryl methyl sites for hydroxylation is 1. The lowest BCUT2D eigenvalue weighted by atomic mass is 9.47. The Labute approximate surface area is 169 Å². The van der Waals surface area contributed by atoms with Crippen LogP contribution in [0.2, 0.25) is 0 Å². The second-order valence-electron chi connectivity index (χ2n) is 9.15. The number of rotatable bonds is 4. The molecule has 2 fully saturated rings. The molecule has 3 aliphatic carbocycles. The lowest BCUT2D eigenvalue weighted by Gasteiger charge is -2.58. The minimum atomic E-state index is -4.07. The zero-order valence-electron chi connectivity index (χ0n) is 17.2. The smallest absolute Gasteiger partial charge is 0.380 e. The van der Waals surface area contributed by atoms with Crippen LogP contribution in [0.5, 0.6) is 11.5 Å². The summed E-state index contributed by atoms with van der Waals surface area (Å²) in [5, 5.41) is 5.08. The predicted molar refractivity (Wildman–Crippen MR) is 110 cm³/mol. The zero-order chi connectivity index (χ0) is 20.1. The van der Waals surface area contributed by atoms with Crippen molar-refractivity contribution < 1.29 is 17.3 Å². The highest BCUT2D eigenvalue weighted by molar-refractivity contribution is 7.84. The van der Waals surface area contributed by atoms with E-state index in [1.54, 1.807) is 7.11 Å². The van der Waals surface area contributed by atoms with E-state index in [1.807, 2.05) is 12.1 Å². The van der Waals surface area contributed by atoms with Crippen LogP contribution in [0.4, 0.5) is 0 Å². The van der Waals surface area contributed by atoms with Crippen LogP contribution in [0.3, 0.4) is 0 Å². The van der Waals surface area contributed by atoms with E-state index in [2.05, 4.69) is 13.8 Å². The Morgan fingerprint density at radius 1 is 1.18 bits per heavy atom. The number of fused-ring (bicyclic) bond motifs is 5. The summed E-state index contributed by atoms with van der Waals surface area (Å²) in [5.74, 6) is 3.54. The molecule has 0 amide bonds. The van der Waals surface area contributed by atoms with Crippen molar-refractivity contribution in [3.8, 4) is 11.5 Å². The summed E-state index contributed by atoms with van der Waals surface area (Å²) in [7, 11) is -2.53. The lowest BCUT2D eigenvalue weighted by Crippen LogP contribution is -2.49. The van der Waals surface area contributed by atoms with E-state index in [0.717, 1.165) is 24.2 Å². The minimum Gasteiger partial charge on any atom is -0.493 e. The highest BCUT2D eigenvalue weighted by Crippen LogP contribution is 2.63. The first-order valence-electron chi connectivity index (χ1n) is 10.7. The van der Waals surface area contributed by atoms with Gasteiger partial charge in [-0.2, -0.15) is 13.6 Å². The molecule has 2 N–H and O–H groups in total. The molecule has 0 radical (unpaired) electrons. The molecular formula is C22H33NO4S. The second-order valence-corrected chi connectivity index (χ2v) is 10.3. The Hall–Kier alpha value is -1.27. The van der Waals surface area contributed by atoms with E-state index >= 15 is 0 Å². The van der Waals surface area contributed by atoms with Crippen LogP contribution in [0.15, 0.2) is 12.1 Å². The average Bonchev–Trinajstić information content (AvgIpc) is 2.66. The van der Waals surface area contributed by atoms with Crippen molar-refractivity contribution in [3.05, 3.63) is 23.3 Å². The van der Waals surface area contributed by atoms with Crippen molar-refractivity contribution in [1.29, 1.82) is 0 Å². The van der Waals surface area contributed by atoms with Crippen LogP contribution >= 0.6 is 0 Å². The molecule has 28 heavy (non-hydrogen) atoms. The van der Waals surface area contributed by atoms with E-state index in [0.29, 0.717) is 17.1 Å². The highest BCUT2D eigenvalue weighted by atomic mass is 32.2. The van der Waals surface area contributed by atoms with Gasteiger partial charge in [0, 0.05) is 0 Å². The van der Waals surface area contributed by atoms with Gasteiger partial charge in [-0.15, -0.1) is 0 Å². The van der Waals surface area contributed by atoms with Gasteiger partial charge in [0.25, 0.3) is 0 Å². The largest absolute Gasteiger partial charge is 0.493 e. The summed E-state index contributed by atoms with van der Waals surface area (Å²) in [6.07, 6.45) is 10.0. The molecule has 0 aromatic heterocycles. The van der Waals surface area contributed by atoms with Crippen molar-refractivity contribution in [3.63, 3.8) is 0 Å². The van der Waals surface area contributed by atoms with Gasteiger partial charge in [-0.3, -0.25) is 0 Å². The van der Waals surface area contributed by atoms with E-state index < -0.39 is 10.3 Å². The number of nitrogens with two attached hydrogens (primary N) is 1. The fourth-order valence-corrected chi connectivity index (χ4v) is 7.38. The summed E-state index contributed by atoms with van der Waals surface area (Å²) >= 11 is 0. The molecule has 3 aliphatic rings. The number of benzene rings is 1. The molecule has 6 heteroatoms. The van der Waals surface area contributed by atoms with Gasteiger partial charge in [-0.1, -0.05) is 26.7 Å². The monoisotopic (exact) mass is 407 g/mol. The molecule has 5 atom stereocenters. The van der Waals surface area contributed by atoms with Crippen LogP contribution in [-0.2, 0) is 16.7 Å². The number of methoxy groups -OCH3 is 1. The van der Waals surface area contributed by atoms with E-state index in [-0.39, 0.29) is 5.75 Å².